The summed E-state index contributed by atoms with van der Waals surface area (Å²) in [7, 11) is 0.896. The molecule has 0 bridgehead atoms. The van der Waals surface area contributed by atoms with Crippen molar-refractivity contribution in [3.63, 3.8) is 0 Å². The van der Waals surface area contributed by atoms with Gasteiger partial charge in [0.25, 0.3) is 5.91 Å². The molecule has 0 spiro atoms. The Hall–Kier alpha value is -1.89. The van der Waals surface area contributed by atoms with E-state index in [0.717, 1.165) is 49.5 Å². The summed E-state index contributed by atoms with van der Waals surface area (Å²) in [5, 5.41) is 9.73. The molecule has 6 nitrogen and oxygen atoms in total. The lowest BCUT2D eigenvalue weighted by atomic mass is 9.95. The Morgan fingerprint density at radius 3 is 2.81 bits per heavy atom. The monoisotopic (exact) mass is 392 g/mol. The topological polar surface area (TPSA) is 82.6 Å². The number of guanidine groups is 1. The summed E-state index contributed by atoms with van der Waals surface area (Å²) in [6.07, 6.45) is 4.16. The molecule has 1 aromatic carbocycles. The molecule has 1 fully saturated rings. The first-order chi connectivity index (χ1) is 13.1. The molecule has 3 atom stereocenters. The summed E-state index contributed by atoms with van der Waals surface area (Å²) in [6.45, 7) is 5.31. The first-order valence-electron chi connectivity index (χ1n) is 9.80. The molecule has 0 saturated heterocycles. The molecule has 0 radical (unpaired) electrons. The molecule has 3 unspecified atom stereocenters. The molecule has 1 saturated carbocycles. The highest BCUT2D eigenvalue weighted by atomic mass is 32.2. The summed E-state index contributed by atoms with van der Waals surface area (Å²) >= 11 is 0. The molecule has 0 aromatic heterocycles. The van der Waals surface area contributed by atoms with E-state index in [1.54, 1.807) is 13.1 Å². The Morgan fingerprint density at radius 1 is 1.30 bits per heavy atom. The normalized spacial score (nSPS) is 21.4. The zero-order chi connectivity index (χ0) is 19.6. The van der Waals surface area contributed by atoms with Crippen LogP contribution in [0.3, 0.4) is 0 Å². The highest BCUT2D eigenvalue weighted by molar-refractivity contribution is 7.85. The molecule has 1 aliphatic rings. The van der Waals surface area contributed by atoms with Crippen LogP contribution in [0.5, 0.6) is 0 Å². The Morgan fingerprint density at radius 2 is 2.11 bits per heavy atom. The second kappa shape index (κ2) is 11.1. The van der Waals surface area contributed by atoms with Gasteiger partial charge in [0.15, 0.2) is 5.96 Å². The number of hydrogen-bond donors (Lipinski definition) is 3. The summed E-state index contributed by atoms with van der Waals surface area (Å²) < 4.78 is 12.2. The van der Waals surface area contributed by atoms with E-state index in [1.165, 1.54) is 0 Å². The maximum Gasteiger partial charge on any atom is 0.251 e. The molecule has 2 rings (SSSR count). The van der Waals surface area contributed by atoms with Gasteiger partial charge in [-0.1, -0.05) is 25.5 Å². The zero-order valence-corrected chi connectivity index (χ0v) is 17.4. The minimum absolute atomic E-state index is 0.0944. The number of amides is 1. The molecule has 0 heterocycles. The largest absolute Gasteiger partial charge is 0.357 e. The van der Waals surface area contributed by atoms with Crippen LogP contribution in [0.1, 0.15) is 55.5 Å². The number of carbonyl (C=O) groups is 1. The van der Waals surface area contributed by atoms with Crippen molar-refractivity contribution >= 4 is 22.7 Å². The minimum Gasteiger partial charge on any atom is -0.357 e. The summed E-state index contributed by atoms with van der Waals surface area (Å²) in [5.74, 6) is 1.41. The van der Waals surface area contributed by atoms with Crippen molar-refractivity contribution in [2.75, 3.05) is 19.3 Å². The summed E-state index contributed by atoms with van der Waals surface area (Å²) in [4.78, 5) is 16.5. The molecule has 1 aliphatic carbocycles. The first kappa shape index (κ1) is 21.4. The number of nitrogens with one attached hydrogen (secondary N) is 3. The van der Waals surface area contributed by atoms with Crippen LogP contribution in [0.4, 0.5) is 0 Å². The van der Waals surface area contributed by atoms with E-state index in [0.29, 0.717) is 18.2 Å². The van der Waals surface area contributed by atoms with Gasteiger partial charge in [-0.25, -0.2) is 4.99 Å². The predicted octanol–water partition coefficient (Wildman–Crippen LogP) is 2.18. The van der Waals surface area contributed by atoms with E-state index in [2.05, 4.69) is 20.9 Å². The number of carbonyl (C=O) groups excluding carboxylic acids is 1. The third-order valence-corrected chi connectivity index (χ3v) is 6.54. The maximum absolute atomic E-state index is 12.2. The van der Waals surface area contributed by atoms with Gasteiger partial charge >= 0.3 is 0 Å². The lowest BCUT2D eigenvalue weighted by molar-refractivity contribution is 0.0963. The van der Waals surface area contributed by atoms with Crippen molar-refractivity contribution in [2.24, 2.45) is 4.99 Å². The fourth-order valence-electron chi connectivity index (χ4n) is 3.39. The van der Waals surface area contributed by atoms with Gasteiger partial charge in [0.1, 0.15) is 0 Å². The van der Waals surface area contributed by atoms with E-state index in [4.69, 9.17) is 0 Å². The quantitative estimate of drug-likeness (QED) is 0.491. The molecule has 1 amide bonds. The Balaban J connectivity index is 2.01. The van der Waals surface area contributed by atoms with Gasteiger partial charge in [-0.15, -0.1) is 0 Å². The lowest BCUT2D eigenvalue weighted by Gasteiger charge is -2.30. The van der Waals surface area contributed by atoms with Gasteiger partial charge < -0.3 is 16.0 Å². The van der Waals surface area contributed by atoms with Crippen LogP contribution >= 0.6 is 0 Å². The molecule has 27 heavy (non-hydrogen) atoms. The van der Waals surface area contributed by atoms with Crippen LogP contribution in [-0.2, 0) is 17.3 Å². The van der Waals surface area contributed by atoms with Gasteiger partial charge in [-0.05, 0) is 43.9 Å². The van der Waals surface area contributed by atoms with Crippen molar-refractivity contribution in [1.82, 2.24) is 16.0 Å². The Bertz CT molecular complexity index is 678. The van der Waals surface area contributed by atoms with Crippen molar-refractivity contribution in [2.45, 2.75) is 57.4 Å². The number of rotatable bonds is 7. The zero-order valence-electron chi connectivity index (χ0n) is 16.6. The minimum atomic E-state index is -0.732. The predicted molar refractivity (Wildman–Crippen MR) is 113 cm³/mol. The van der Waals surface area contributed by atoms with E-state index in [1.807, 2.05) is 32.0 Å². The fraction of sp³-hybridized carbons (Fsp3) is 0.600. The van der Waals surface area contributed by atoms with Gasteiger partial charge in [-0.2, -0.15) is 0 Å². The molecule has 3 N–H and O–H groups in total. The third kappa shape index (κ3) is 6.65. The number of nitrogens with zero attached hydrogens (tertiary/aromatic N) is 1. The van der Waals surface area contributed by atoms with Gasteiger partial charge in [0, 0.05) is 47.0 Å². The van der Waals surface area contributed by atoms with Crippen LogP contribution < -0.4 is 16.0 Å². The average molecular weight is 393 g/mol. The second-order valence-corrected chi connectivity index (χ2v) is 8.78. The van der Waals surface area contributed by atoms with Crippen molar-refractivity contribution in [3.05, 3.63) is 35.4 Å². The van der Waals surface area contributed by atoms with Crippen LogP contribution in [0.25, 0.3) is 0 Å². The van der Waals surface area contributed by atoms with Gasteiger partial charge in [0.05, 0.1) is 6.54 Å². The average Bonchev–Trinajstić information content (AvgIpc) is 2.71. The second-order valence-electron chi connectivity index (χ2n) is 6.77. The Kier molecular flexibility index (Phi) is 8.78. The van der Waals surface area contributed by atoms with Crippen molar-refractivity contribution < 1.29 is 9.00 Å². The number of hydrogen-bond acceptors (Lipinski definition) is 3. The summed E-state index contributed by atoms with van der Waals surface area (Å²) in [5.41, 5.74) is 1.63. The fourth-order valence-corrected chi connectivity index (χ4v) is 4.74. The van der Waals surface area contributed by atoms with Crippen molar-refractivity contribution in [1.29, 1.82) is 0 Å². The molecular weight excluding hydrogens is 360 g/mol. The van der Waals surface area contributed by atoms with Crippen LogP contribution in [0, 0.1) is 0 Å². The van der Waals surface area contributed by atoms with Gasteiger partial charge in [-0.3, -0.25) is 9.00 Å². The third-order valence-electron chi connectivity index (χ3n) is 4.80. The molecule has 0 aliphatic heterocycles. The Labute approximate surface area is 165 Å². The van der Waals surface area contributed by atoms with Gasteiger partial charge in [0.2, 0.25) is 0 Å². The van der Waals surface area contributed by atoms with E-state index < -0.39 is 10.8 Å². The number of aliphatic imine (C=N–C) groups is 1. The highest BCUT2D eigenvalue weighted by Gasteiger charge is 2.26. The van der Waals surface area contributed by atoms with Crippen LogP contribution in [0.15, 0.2) is 29.3 Å². The van der Waals surface area contributed by atoms with E-state index >= 15 is 0 Å². The SMILES string of the molecule is CCNC(=NCc1cccc(C(=O)NC)c1)NC1CCCC(S(=O)CC)C1. The van der Waals surface area contributed by atoms with E-state index in [9.17, 15) is 9.00 Å². The smallest absolute Gasteiger partial charge is 0.251 e. The summed E-state index contributed by atoms with van der Waals surface area (Å²) in [6, 6.07) is 7.81. The van der Waals surface area contributed by atoms with E-state index in [-0.39, 0.29) is 11.2 Å². The van der Waals surface area contributed by atoms with Crippen LogP contribution in [0.2, 0.25) is 0 Å². The standard InChI is InChI=1S/C20H32N4O2S/c1-4-22-20(24-17-10-7-11-18(13-17)27(26)5-2)23-14-15-8-6-9-16(12-15)19(25)21-3/h6,8-9,12,17-18H,4-5,7,10-11,13-14H2,1-3H3,(H,21,25)(H2,22,23,24). The molecule has 1 aromatic rings. The first-order valence-corrected chi connectivity index (χ1v) is 11.2. The molecular formula is C20H32N4O2S. The number of benzene rings is 1. The van der Waals surface area contributed by atoms with Crippen LogP contribution in [-0.4, -0.2) is 46.7 Å². The van der Waals surface area contributed by atoms with Crippen molar-refractivity contribution in [3.8, 4) is 0 Å². The molecule has 150 valence electrons. The maximum atomic E-state index is 12.2. The molecule has 7 heteroatoms. The highest BCUT2D eigenvalue weighted by Crippen LogP contribution is 2.23. The lowest BCUT2D eigenvalue weighted by Crippen LogP contribution is -2.46.